The summed E-state index contributed by atoms with van der Waals surface area (Å²) in [5.74, 6) is -0.113. The average molecular weight is 371 g/mol. The Labute approximate surface area is 161 Å². The largest absolute Gasteiger partial charge is 0.339 e. The third-order valence-corrected chi connectivity index (χ3v) is 5.61. The Bertz CT molecular complexity index is 706. The first kappa shape index (κ1) is 19.4. The average Bonchev–Trinajstić information content (AvgIpc) is 2.66. The number of carbonyl (C=O) groups excluding carboxylic acids is 3. The molecule has 6 heteroatoms. The van der Waals surface area contributed by atoms with Gasteiger partial charge in [0.2, 0.25) is 0 Å². The fourth-order valence-corrected chi connectivity index (χ4v) is 3.70. The molecule has 27 heavy (non-hydrogen) atoms. The van der Waals surface area contributed by atoms with Crippen molar-refractivity contribution in [1.82, 2.24) is 14.7 Å². The molecule has 2 aliphatic rings. The van der Waals surface area contributed by atoms with Gasteiger partial charge in [0.15, 0.2) is 0 Å². The highest BCUT2D eigenvalue weighted by atomic mass is 16.2. The second kappa shape index (κ2) is 8.11. The number of hydrogen-bond donors (Lipinski definition) is 0. The van der Waals surface area contributed by atoms with Crippen molar-refractivity contribution < 1.29 is 14.4 Å². The molecule has 2 aliphatic heterocycles. The van der Waals surface area contributed by atoms with E-state index in [0.717, 1.165) is 31.5 Å². The van der Waals surface area contributed by atoms with Crippen LogP contribution in [-0.2, 0) is 16.1 Å². The van der Waals surface area contributed by atoms with Gasteiger partial charge in [0.05, 0.1) is 0 Å². The molecule has 3 amide bonds. The normalized spacial score (nSPS) is 19.2. The number of likely N-dealkylation sites (tertiary alicyclic amines) is 1. The molecular formula is C21H29N3O3. The van der Waals surface area contributed by atoms with E-state index < -0.39 is 11.8 Å². The van der Waals surface area contributed by atoms with E-state index in [2.05, 4.69) is 6.92 Å². The molecule has 146 valence electrons. The standard InChI is InChI=1S/C21H29N3O3/c1-15(2)24-13-12-23(20(26)21(24)27)14-17-4-6-18(7-5-17)19(25)22-10-8-16(3)9-11-22/h4-7,15-16H,8-14H2,1-3H3. The summed E-state index contributed by atoms with van der Waals surface area (Å²) in [6.07, 6.45) is 2.12. The maximum Gasteiger partial charge on any atom is 0.312 e. The summed E-state index contributed by atoms with van der Waals surface area (Å²) in [5.41, 5.74) is 1.61. The maximum atomic E-state index is 12.6. The van der Waals surface area contributed by atoms with Gasteiger partial charge in [0.1, 0.15) is 0 Å². The zero-order valence-corrected chi connectivity index (χ0v) is 16.5. The van der Waals surface area contributed by atoms with Gasteiger partial charge in [-0.15, -0.1) is 0 Å². The molecule has 6 nitrogen and oxygen atoms in total. The molecule has 0 radical (unpaired) electrons. The number of hydrogen-bond acceptors (Lipinski definition) is 3. The third kappa shape index (κ3) is 4.31. The molecule has 1 aromatic carbocycles. The Hall–Kier alpha value is -2.37. The highest BCUT2D eigenvalue weighted by Gasteiger charge is 2.33. The first-order chi connectivity index (χ1) is 12.9. The lowest BCUT2D eigenvalue weighted by Gasteiger charge is -2.36. The number of piperazine rings is 1. The SMILES string of the molecule is CC1CCN(C(=O)c2ccc(CN3CCN(C(C)C)C(=O)C3=O)cc2)CC1. The molecule has 2 heterocycles. The predicted octanol–water partition coefficient (Wildman–Crippen LogP) is 2.14. The van der Waals surface area contributed by atoms with E-state index in [0.29, 0.717) is 31.1 Å². The van der Waals surface area contributed by atoms with Crippen LogP contribution in [0, 0.1) is 5.92 Å². The first-order valence-electron chi connectivity index (χ1n) is 9.85. The van der Waals surface area contributed by atoms with Crippen molar-refractivity contribution in [2.24, 2.45) is 5.92 Å². The van der Waals surface area contributed by atoms with E-state index in [-0.39, 0.29) is 11.9 Å². The Morgan fingerprint density at radius 3 is 2.22 bits per heavy atom. The lowest BCUT2D eigenvalue weighted by Crippen LogP contribution is -2.55. The quantitative estimate of drug-likeness (QED) is 0.762. The number of piperidine rings is 1. The number of benzene rings is 1. The van der Waals surface area contributed by atoms with Crippen LogP contribution in [0.25, 0.3) is 0 Å². The molecule has 0 saturated carbocycles. The van der Waals surface area contributed by atoms with Crippen LogP contribution < -0.4 is 0 Å². The van der Waals surface area contributed by atoms with Crippen molar-refractivity contribution in [1.29, 1.82) is 0 Å². The minimum absolute atomic E-state index is 0.0340. The summed E-state index contributed by atoms with van der Waals surface area (Å²) >= 11 is 0. The van der Waals surface area contributed by atoms with E-state index in [1.807, 2.05) is 43.0 Å². The molecule has 0 aliphatic carbocycles. The summed E-state index contributed by atoms with van der Waals surface area (Å²) in [5, 5.41) is 0. The summed E-state index contributed by atoms with van der Waals surface area (Å²) < 4.78 is 0. The number of rotatable bonds is 4. The molecule has 3 rings (SSSR count). The highest BCUT2D eigenvalue weighted by molar-refractivity contribution is 6.35. The van der Waals surface area contributed by atoms with Gasteiger partial charge in [-0.05, 0) is 50.3 Å². The topological polar surface area (TPSA) is 60.9 Å². The van der Waals surface area contributed by atoms with Crippen LogP contribution in [0.15, 0.2) is 24.3 Å². The second-order valence-electron chi connectivity index (χ2n) is 7.99. The Morgan fingerprint density at radius 1 is 1.00 bits per heavy atom. The molecule has 0 bridgehead atoms. The van der Waals surface area contributed by atoms with Gasteiger partial charge in [-0.2, -0.15) is 0 Å². The molecule has 1 aromatic rings. The van der Waals surface area contributed by atoms with E-state index in [9.17, 15) is 14.4 Å². The molecule has 0 unspecified atom stereocenters. The zero-order chi connectivity index (χ0) is 19.6. The molecule has 0 spiro atoms. The van der Waals surface area contributed by atoms with Crippen molar-refractivity contribution in [2.75, 3.05) is 26.2 Å². The van der Waals surface area contributed by atoms with Gasteiger partial charge in [-0.3, -0.25) is 14.4 Å². The van der Waals surface area contributed by atoms with Crippen molar-refractivity contribution in [3.05, 3.63) is 35.4 Å². The van der Waals surface area contributed by atoms with E-state index in [1.54, 1.807) is 9.80 Å². The van der Waals surface area contributed by atoms with Gasteiger partial charge in [0, 0.05) is 44.3 Å². The molecule has 2 fully saturated rings. The van der Waals surface area contributed by atoms with Gasteiger partial charge in [-0.1, -0.05) is 19.1 Å². The third-order valence-electron chi connectivity index (χ3n) is 5.61. The van der Waals surface area contributed by atoms with E-state index in [4.69, 9.17) is 0 Å². The van der Waals surface area contributed by atoms with Crippen molar-refractivity contribution >= 4 is 17.7 Å². The highest BCUT2D eigenvalue weighted by Crippen LogP contribution is 2.19. The Morgan fingerprint density at radius 2 is 1.63 bits per heavy atom. The van der Waals surface area contributed by atoms with E-state index in [1.165, 1.54) is 0 Å². The smallest absolute Gasteiger partial charge is 0.312 e. The van der Waals surface area contributed by atoms with Crippen LogP contribution in [0.4, 0.5) is 0 Å². The van der Waals surface area contributed by atoms with E-state index >= 15 is 0 Å². The number of nitrogens with zero attached hydrogens (tertiary/aromatic N) is 3. The Balaban J connectivity index is 1.60. The minimum Gasteiger partial charge on any atom is -0.339 e. The number of amides is 3. The predicted molar refractivity (Wildman–Crippen MR) is 103 cm³/mol. The molecule has 0 atom stereocenters. The fraction of sp³-hybridized carbons (Fsp3) is 0.571. The summed E-state index contributed by atoms with van der Waals surface area (Å²) in [4.78, 5) is 42.3. The van der Waals surface area contributed by atoms with Crippen molar-refractivity contribution in [3.63, 3.8) is 0 Å². The van der Waals surface area contributed by atoms with Gasteiger partial charge in [0.25, 0.3) is 5.91 Å². The molecular weight excluding hydrogens is 342 g/mol. The van der Waals surface area contributed by atoms with Gasteiger partial charge < -0.3 is 14.7 Å². The lowest BCUT2D eigenvalue weighted by atomic mass is 9.98. The number of carbonyl (C=O) groups is 3. The summed E-state index contributed by atoms with van der Waals surface area (Å²) in [7, 11) is 0. The Kier molecular flexibility index (Phi) is 5.82. The lowest BCUT2D eigenvalue weighted by molar-refractivity contribution is -0.157. The van der Waals surface area contributed by atoms with Crippen LogP contribution in [-0.4, -0.2) is 64.6 Å². The fourth-order valence-electron chi connectivity index (χ4n) is 3.70. The molecule has 0 aromatic heterocycles. The molecule has 2 saturated heterocycles. The van der Waals surface area contributed by atoms with Crippen molar-refractivity contribution in [2.45, 2.75) is 46.2 Å². The first-order valence-corrected chi connectivity index (χ1v) is 9.85. The minimum atomic E-state index is -0.447. The van der Waals surface area contributed by atoms with Crippen LogP contribution in [0.3, 0.4) is 0 Å². The summed E-state index contributed by atoms with van der Waals surface area (Å²) in [6, 6.07) is 7.45. The van der Waals surface area contributed by atoms with Crippen LogP contribution >= 0.6 is 0 Å². The van der Waals surface area contributed by atoms with Crippen LogP contribution in [0.2, 0.25) is 0 Å². The van der Waals surface area contributed by atoms with Crippen LogP contribution in [0.1, 0.15) is 49.5 Å². The summed E-state index contributed by atoms with van der Waals surface area (Å²) in [6.45, 7) is 9.19. The molecule has 0 N–H and O–H groups in total. The second-order valence-corrected chi connectivity index (χ2v) is 7.99. The van der Waals surface area contributed by atoms with Crippen molar-refractivity contribution in [3.8, 4) is 0 Å². The van der Waals surface area contributed by atoms with Crippen LogP contribution in [0.5, 0.6) is 0 Å². The van der Waals surface area contributed by atoms with Gasteiger partial charge >= 0.3 is 11.8 Å². The monoisotopic (exact) mass is 371 g/mol. The zero-order valence-electron chi connectivity index (χ0n) is 16.5. The van der Waals surface area contributed by atoms with Gasteiger partial charge in [-0.25, -0.2) is 0 Å². The maximum absolute atomic E-state index is 12.6.